The van der Waals surface area contributed by atoms with E-state index in [0.29, 0.717) is 10.8 Å². The van der Waals surface area contributed by atoms with Crippen LogP contribution >= 0.6 is 12.2 Å². The quantitative estimate of drug-likeness (QED) is 0.676. The topological polar surface area (TPSA) is 54.1 Å². The van der Waals surface area contributed by atoms with Crippen molar-refractivity contribution in [3.63, 3.8) is 0 Å². The summed E-state index contributed by atoms with van der Waals surface area (Å²) in [5.41, 5.74) is 2.13. The molecule has 1 atom stereocenters. The first-order chi connectivity index (χ1) is 8.29. The zero-order valence-electron chi connectivity index (χ0n) is 11.2. The molecule has 2 aliphatic heterocycles. The highest BCUT2D eigenvalue weighted by Gasteiger charge is 2.41. The van der Waals surface area contributed by atoms with Gasteiger partial charge >= 0.3 is 0 Å². The van der Waals surface area contributed by atoms with Crippen molar-refractivity contribution in [1.29, 1.82) is 10.7 Å². The Morgan fingerprint density at radius 2 is 2.06 bits per heavy atom. The minimum Gasteiger partial charge on any atom is -0.323 e. The van der Waals surface area contributed by atoms with Gasteiger partial charge in [0, 0.05) is 24.7 Å². The Morgan fingerprint density at radius 3 is 2.61 bits per heavy atom. The smallest absolute Gasteiger partial charge is 0.125 e. The Balaban J connectivity index is 2.54. The SMILES string of the molecule is CN1C(=N)C(C#N)C2=C(CN(C)C(C)(C)C2)C1=S. The summed E-state index contributed by atoms with van der Waals surface area (Å²) in [5, 5.41) is 17.4. The minimum absolute atomic E-state index is 0.0136. The number of likely N-dealkylation sites (N-methyl/N-ethyl adjacent to an activating group) is 2. The molecule has 0 amide bonds. The van der Waals surface area contributed by atoms with E-state index in [1.165, 1.54) is 0 Å². The lowest BCUT2D eigenvalue weighted by molar-refractivity contribution is 0.155. The molecular formula is C13H18N4S. The van der Waals surface area contributed by atoms with Crippen molar-refractivity contribution in [3.05, 3.63) is 11.1 Å². The molecule has 0 bridgehead atoms. The molecule has 0 aromatic heterocycles. The van der Waals surface area contributed by atoms with Gasteiger partial charge in [-0.2, -0.15) is 5.26 Å². The van der Waals surface area contributed by atoms with Gasteiger partial charge in [0.05, 0.1) is 6.07 Å². The van der Waals surface area contributed by atoms with Gasteiger partial charge < -0.3 is 4.90 Å². The number of rotatable bonds is 0. The molecule has 0 fully saturated rings. The van der Waals surface area contributed by atoms with E-state index in [4.69, 9.17) is 17.6 Å². The third-order valence-electron chi connectivity index (χ3n) is 4.11. The van der Waals surface area contributed by atoms with Crippen LogP contribution in [0.1, 0.15) is 20.3 Å². The first-order valence-electron chi connectivity index (χ1n) is 5.99. The highest BCUT2D eigenvalue weighted by atomic mass is 32.1. The van der Waals surface area contributed by atoms with Gasteiger partial charge in [0.15, 0.2) is 0 Å². The van der Waals surface area contributed by atoms with Crippen LogP contribution in [-0.4, -0.2) is 46.8 Å². The normalized spacial score (nSPS) is 28.2. The third-order valence-corrected chi connectivity index (χ3v) is 4.63. The lowest BCUT2D eigenvalue weighted by atomic mass is 9.77. The van der Waals surface area contributed by atoms with Gasteiger partial charge in [-0.05, 0) is 32.9 Å². The van der Waals surface area contributed by atoms with Gasteiger partial charge in [-0.3, -0.25) is 10.3 Å². The van der Waals surface area contributed by atoms with Crippen molar-refractivity contribution in [2.45, 2.75) is 25.8 Å². The minimum atomic E-state index is -0.440. The van der Waals surface area contributed by atoms with Crippen molar-refractivity contribution in [2.75, 3.05) is 20.6 Å². The van der Waals surface area contributed by atoms with Crippen molar-refractivity contribution in [3.8, 4) is 6.07 Å². The maximum atomic E-state index is 9.33. The summed E-state index contributed by atoms with van der Waals surface area (Å²) in [7, 11) is 3.85. The van der Waals surface area contributed by atoms with Crippen LogP contribution in [0.3, 0.4) is 0 Å². The van der Waals surface area contributed by atoms with Crippen LogP contribution in [0.2, 0.25) is 0 Å². The molecule has 2 aliphatic rings. The van der Waals surface area contributed by atoms with E-state index in [2.05, 4.69) is 31.9 Å². The van der Waals surface area contributed by atoms with E-state index in [1.807, 2.05) is 0 Å². The lowest BCUT2D eigenvalue weighted by Gasteiger charge is -2.46. The Labute approximate surface area is 113 Å². The molecule has 0 aliphatic carbocycles. The highest BCUT2D eigenvalue weighted by molar-refractivity contribution is 7.80. The molecule has 0 spiro atoms. The Kier molecular flexibility index (Phi) is 3.04. The fraction of sp³-hybridized carbons (Fsp3) is 0.615. The predicted octanol–water partition coefficient (Wildman–Crippen LogP) is 1.79. The molecule has 4 nitrogen and oxygen atoms in total. The van der Waals surface area contributed by atoms with Gasteiger partial charge in [-0.25, -0.2) is 0 Å². The molecule has 96 valence electrons. The summed E-state index contributed by atoms with van der Waals surface area (Å²) in [4.78, 5) is 4.62. The number of amidine groups is 1. The summed E-state index contributed by atoms with van der Waals surface area (Å²) in [6.45, 7) is 5.09. The molecule has 2 heterocycles. The van der Waals surface area contributed by atoms with Crippen molar-refractivity contribution >= 4 is 23.0 Å². The van der Waals surface area contributed by atoms with E-state index >= 15 is 0 Å². The number of hydrogen-bond donors (Lipinski definition) is 1. The largest absolute Gasteiger partial charge is 0.323 e. The molecule has 5 heteroatoms. The summed E-state index contributed by atoms with van der Waals surface area (Å²) in [6.07, 6.45) is 0.799. The van der Waals surface area contributed by atoms with Crippen LogP contribution < -0.4 is 0 Å². The summed E-state index contributed by atoms with van der Waals surface area (Å²) in [6, 6.07) is 2.25. The maximum Gasteiger partial charge on any atom is 0.125 e. The van der Waals surface area contributed by atoms with Crippen LogP contribution in [0.5, 0.6) is 0 Å². The van der Waals surface area contributed by atoms with E-state index in [0.717, 1.165) is 24.1 Å². The van der Waals surface area contributed by atoms with Gasteiger partial charge in [-0.1, -0.05) is 12.2 Å². The number of nitrogens with zero attached hydrogens (tertiary/aromatic N) is 3. The van der Waals surface area contributed by atoms with Crippen LogP contribution in [0.15, 0.2) is 11.1 Å². The maximum absolute atomic E-state index is 9.33. The van der Waals surface area contributed by atoms with Crippen molar-refractivity contribution in [2.24, 2.45) is 5.92 Å². The van der Waals surface area contributed by atoms with E-state index in [1.54, 1.807) is 11.9 Å². The predicted molar refractivity (Wildman–Crippen MR) is 75.5 cm³/mol. The van der Waals surface area contributed by atoms with Crippen molar-refractivity contribution < 1.29 is 0 Å². The molecule has 18 heavy (non-hydrogen) atoms. The molecule has 0 aromatic rings. The molecule has 0 saturated carbocycles. The van der Waals surface area contributed by atoms with Crippen LogP contribution in [-0.2, 0) is 0 Å². The highest BCUT2D eigenvalue weighted by Crippen LogP contribution is 2.38. The van der Waals surface area contributed by atoms with Crippen LogP contribution in [0.25, 0.3) is 0 Å². The molecular weight excluding hydrogens is 244 g/mol. The first kappa shape index (κ1) is 13.2. The zero-order chi connectivity index (χ0) is 13.7. The van der Waals surface area contributed by atoms with E-state index in [9.17, 15) is 5.26 Å². The van der Waals surface area contributed by atoms with E-state index in [-0.39, 0.29) is 5.54 Å². The second-order valence-electron chi connectivity index (χ2n) is 5.66. The molecule has 2 rings (SSSR count). The fourth-order valence-corrected chi connectivity index (χ4v) is 2.85. The monoisotopic (exact) mass is 262 g/mol. The molecule has 1 N–H and O–H groups in total. The summed E-state index contributed by atoms with van der Waals surface area (Å²) >= 11 is 5.42. The van der Waals surface area contributed by atoms with Gasteiger partial charge in [-0.15, -0.1) is 0 Å². The number of thiocarbonyl (C=S) groups is 1. The van der Waals surface area contributed by atoms with Gasteiger partial charge in [0.1, 0.15) is 16.7 Å². The van der Waals surface area contributed by atoms with Gasteiger partial charge in [0.2, 0.25) is 0 Å². The molecule has 0 radical (unpaired) electrons. The average Bonchev–Trinajstić information content (AvgIpc) is 2.30. The number of nitrogens with one attached hydrogen (secondary N) is 1. The summed E-state index contributed by atoms with van der Waals surface area (Å²) in [5.74, 6) is -0.133. The number of hydrogen-bond acceptors (Lipinski definition) is 4. The van der Waals surface area contributed by atoms with Crippen molar-refractivity contribution in [1.82, 2.24) is 9.80 Å². The van der Waals surface area contributed by atoms with Crippen LogP contribution in [0, 0.1) is 22.7 Å². The van der Waals surface area contributed by atoms with E-state index < -0.39 is 5.92 Å². The molecule has 0 saturated heterocycles. The molecule has 0 aromatic carbocycles. The van der Waals surface area contributed by atoms with Gasteiger partial charge in [0.25, 0.3) is 0 Å². The number of nitriles is 1. The zero-order valence-corrected chi connectivity index (χ0v) is 12.1. The molecule has 1 unspecified atom stereocenters. The summed E-state index contributed by atoms with van der Waals surface area (Å²) < 4.78 is 0. The second-order valence-corrected chi connectivity index (χ2v) is 6.05. The Bertz CT molecular complexity index is 498. The van der Waals surface area contributed by atoms with Crippen LogP contribution in [0.4, 0.5) is 0 Å². The Hall–Kier alpha value is -1.25. The average molecular weight is 262 g/mol. The Morgan fingerprint density at radius 1 is 1.44 bits per heavy atom. The lowest BCUT2D eigenvalue weighted by Crippen LogP contribution is -2.53. The first-order valence-corrected chi connectivity index (χ1v) is 6.39. The second kappa shape index (κ2) is 4.15. The third kappa shape index (κ3) is 1.76. The fourth-order valence-electron chi connectivity index (χ4n) is 2.55. The standard InChI is InChI=1S/C13H18N4S/c1-13(2)5-8-9(6-14)11(15)17(4)12(18)10(8)7-16(13)3/h9,15H,5,7H2,1-4H3.